The summed E-state index contributed by atoms with van der Waals surface area (Å²) in [4.78, 5) is 14.8. The van der Waals surface area contributed by atoms with E-state index >= 15 is 0 Å². The summed E-state index contributed by atoms with van der Waals surface area (Å²) in [6.45, 7) is 1.91. The van der Waals surface area contributed by atoms with Crippen LogP contribution in [0.3, 0.4) is 0 Å². The fourth-order valence-corrected chi connectivity index (χ4v) is 0.963. The van der Waals surface area contributed by atoms with Crippen molar-refractivity contribution in [2.24, 2.45) is 5.16 Å². The Morgan fingerprint density at radius 2 is 2.27 bits per heavy atom. The molecule has 1 unspecified atom stereocenters. The largest absolute Gasteiger partial charge is 0.477 e. The topological polar surface area (TPSA) is 58.9 Å². The van der Waals surface area contributed by atoms with Crippen LogP contribution in [-0.2, 0) is 9.63 Å². The highest BCUT2D eigenvalue weighted by atomic mass is 35.5. The maximum atomic E-state index is 10.3. The molecule has 0 aliphatic heterocycles. The molecule has 1 rings (SSSR count). The Kier molecular flexibility index (Phi) is 4.12. The lowest BCUT2D eigenvalue weighted by Crippen LogP contribution is -2.14. The fraction of sp³-hybridized carbons (Fsp3) is 0.200. The Bertz CT molecular complexity index is 379. The molecule has 1 N–H and O–H groups in total. The average Bonchev–Trinajstić information content (AvgIpc) is 2.20. The third kappa shape index (κ3) is 3.59. The first-order chi connectivity index (χ1) is 7.11. The highest BCUT2D eigenvalue weighted by Gasteiger charge is 2.13. The normalized spacial score (nSPS) is 12.7. The van der Waals surface area contributed by atoms with Crippen LogP contribution in [0, 0.1) is 6.92 Å². The molecule has 1 aromatic carbocycles. The summed E-state index contributed by atoms with van der Waals surface area (Å²) in [5.74, 6) is -1.27. The number of aliphatic carboxylic acids is 1. The Balaban J connectivity index is 2.59. The maximum Gasteiger partial charge on any atom is 0.363 e. The minimum Gasteiger partial charge on any atom is -0.477 e. The van der Waals surface area contributed by atoms with Crippen LogP contribution in [0.4, 0.5) is 0 Å². The number of rotatable bonds is 4. The number of nitrogens with zero attached hydrogens (tertiary/aromatic N) is 1. The minimum absolute atomic E-state index is 0.853. The van der Waals surface area contributed by atoms with E-state index in [1.807, 2.05) is 31.2 Å². The number of carboxylic acids is 1. The van der Waals surface area contributed by atoms with E-state index in [9.17, 15) is 4.79 Å². The van der Waals surface area contributed by atoms with E-state index in [2.05, 4.69) is 9.99 Å². The second-order valence-corrected chi connectivity index (χ2v) is 3.25. The standard InChI is InChI=1S/C10H10ClNO3/c1-7-4-2-3-5-8(7)6-12-15-9(11)10(13)14/h2-6,9H,1H3,(H,13,14). The molecule has 0 radical (unpaired) electrons. The van der Waals surface area contributed by atoms with Gasteiger partial charge < -0.3 is 9.94 Å². The van der Waals surface area contributed by atoms with E-state index in [-0.39, 0.29) is 0 Å². The number of benzene rings is 1. The highest BCUT2D eigenvalue weighted by molar-refractivity contribution is 6.28. The third-order valence-corrected chi connectivity index (χ3v) is 1.99. The number of hydrogen-bond acceptors (Lipinski definition) is 3. The molecule has 1 atom stereocenters. The molecule has 0 aliphatic carbocycles. The fourth-order valence-electron chi connectivity index (χ4n) is 0.917. The molecule has 0 fully saturated rings. The second kappa shape index (κ2) is 5.36. The SMILES string of the molecule is Cc1ccccc1C=NOC(Cl)C(=O)O. The van der Waals surface area contributed by atoms with Crippen molar-refractivity contribution >= 4 is 23.8 Å². The van der Waals surface area contributed by atoms with Crippen LogP contribution < -0.4 is 0 Å². The van der Waals surface area contributed by atoms with Crippen LogP contribution in [0.2, 0.25) is 0 Å². The van der Waals surface area contributed by atoms with Gasteiger partial charge in [0.1, 0.15) is 0 Å². The van der Waals surface area contributed by atoms with Crippen LogP contribution in [-0.4, -0.2) is 22.9 Å². The van der Waals surface area contributed by atoms with Crippen molar-refractivity contribution in [3.05, 3.63) is 35.4 Å². The minimum atomic E-state index is -1.45. The van der Waals surface area contributed by atoms with Gasteiger partial charge in [0.05, 0.1) is 6.21 Å². The molecule has 80 valence electrons. The van der Waals surface area contributed by atoms with Crippen LogP contribution in [0.1, 0.15) is 11.1 Å². The van der Waals surface area contributed by atoms with Gasteiger partial charge in [-0.1, -0.05) is 41.0 Å². The molecule has 0 aromatic heterocycles. The number of aryl methyl sites for hydroxylation is 1. The second-order valence-electron chi connectivity index (χ2n) is 2.85. The molecule has 0 aliphatic rings. The zero-order valence-corrected chi connectivity index (χ0v) is 8.81. The van der Waals surface area contributed by atoms with Crippen molar-refractivity contribution in [1.82, 2.24) is 0 Å². The summed E-state index contributed by atoms with van der Waals surface area (Å²) in [5, 5.41) is 11.9. The molecule has 0 spiro atoms. The van der Waals surface area contributed by atoms with Crippen molar-refractivity contribution < 1.29 is 14.7 Å². The van der Waals surface area contributed by atoms with Crippen LogP contribution in [0.25, 0.3) is 0 Å². The number of carbonyl (C=O) groups is 1. The molecule has 0 saturated heterocycles. The molecule has 0 heterocycles. The number of carboxylic acid groups (broad SMARTS) is 1. The van der Waals surface area contributed by atoms with E-state index in [4.69, 9.17) is 16.7 Å². The monoisotopic (exact) mass is 227 g/mol. The van der Waals surface area contributed by atoms with Gasteiger partial charge in [-0.25, -0.2) is 4.79 Å². The van der Waals surface area contributed by atoms with Crippen molar-refractivity contribution in [2.75, 3.05) is 0 Å². The van der Waals surface area contributed by atoms with Gasteiger partial charge >= 0.3 is 5.97 Å². The summed E-state index contributed by atoms with van der Waals surface area (Å²) in [5.41, 5.74) is 0.420. The van der Waals surface area contributed by atoms with Crippen LogP contribution in [0.15, 0.2) is 29.4 Å². The maximum absolute atomic E-state index is 10.3. The molecule has 5 heteroatoms. The van der Waals surface area contributed by atoms with Gasteiger partial charge in [0.2, 0.25) is 0 Å². The van der Waals surface area contributed by atoms with Crippen molar-refractivity contribution in [3.63, 3.8) is 0 Å². The third-order valence-electron chi connectivity index (χ3n) is 1.73. The summed E-state index contributed by atoms with van der Waals surface area (Å²) in [7, 11) is 0. The van der Waals surface area contributed by atoms with Crippen LogP contribution >= 0.6 is 11.6 Å². The van der Waals surface area contributed by atoms with E-state index in [0.29, 0.717) is 0 Å². The Hall–Kier alpha value is -1.55. The molecule has 4 nitrogen and oxygen atoms in total. The number of halogens is 1. The Morgan fingerprint density at radius 1 is 1.60 bits per heavy atom. The van der Waals surface area contributed by atoms with E-state index in [1.54, 1.807) is 0 Å². The molecule has 0 saturated carbocycles. The van der Waals surface area contributed by atoms with Crippen molar-refractivity contribution in [3.8, 4) is 0 Å². The Labute approximate surface area is 92.1 Å². The zero-order valence-electron chi connectivity index (χ0n) is 8.05. The van der Waals surface area contributed by atoms with Gasteiger partial charge in [-0.15, -0.1) is 0 Å². The molecular formula is C10H10ClNO3. The number of alkyl halides is 1. The molecule has 0 amide bonds. The predicted molar refractivity (Wildman–Crippen MR) is 57.1 cm³/mol. The van der Waals surface area contributed by atoms with Gasteiger partial charge in [-0.3, -0.25) is 0 Å². The molecular weight excluding hydrogens is 218 g/mol. The lowest BCUT2D eigenvalue weighted by atomic mass is 10.1. The highest BCUT2D eigenvalue weighted by Crippen LogP contribution is 2.04. The first-order valence-corrected chi connectivity index (χ1v) is 4.66. The number of oxime groups is 1. The smallest absolute Gasteiger partial charge is 0.363 e. The lowest BCUT2D eigenvalue weighted by Gasteiger charge is -2.01. The van der Waals surface area contributed by atoms with Gasteiger partial charge in [0.25, 0.3) is 5.56 Å². The number of hydrogen-bond donors (Lipinski definition) is 1. The van der Waals surface area contributed by atoms with Crippen LogP contribution in [0.5, 0.6) is 0 Å². The molecule has 15 heavy (non-hydrogen) atoms. The van der Waals surface area contributed by atoms with Crippen molar-refractivity contribution in [2.45, 2.75) is 12.5 Å². The van der Waals surface area contributed by atoms with E-state index < -0.39 is 11.5 Å². The molecule has 0 bridgehead atoms. The lowest BCUT2D eigenvalue weighted by molar-refractivity contribution is -0.144. The zero-order chi connectivity index (χ0) is 11.3. The van der Waals surface area contributed by atoms with E-state index in [1.165, 1.54) is 6.21 Å². The molecule has 1 aromatic rings. The van der Waals surface area contributed by atoms with E-state index in [0.717, 1.165) is 11.1 Å². The average molecular weight is 228 g/mol. The summed E-state index contributed by atoms with van der Waals surface area (Å²) < 4.78 is 0. The summed E-state index contributed by atoms with van der Waals surface area (Å²) >= 11 is 5.29. The van der Waals surface area contributed by atoms with Crippen molar-refractivity contribution in [1.29, 1.82) is 0 Å². The van der Waals surface area contributed by atoms with Gasteiger partial charge in [-0.2, -0.15) is 0 Å². The first kappa shape index (κ1) is 11.5. The van der Waals surface area contributed by atoms with Gasteiger partial charge in [-0.05, 0) is 18.1 Å². The Morgan fingerprint density at radius 3 is 2.87 bits per heavy atom. The summed E-state index contributed by atoms with van der Waals surface area (Å²) in [6.07, 6.45) is 1.42. The first-order valence-electron chi connectivity index (χ1n) is 4.23. The quantitative estimate of drug-likeness (QED) is 0.486. The van der Waals surface area contributed by atoms with Gasteiger partial charge in [0.15, 0.2) is 0 Å². The van der Waals surface area contributed by atoms with Gasteiger partial charge in [0, 0.05) is 0 Å². The summed E-state index contributed by atoms with van der Waals surface area (Å²) in [6, 6.07) is 7.50. The predicted octanol–water partition coefficient (Wildman–Crippen LogP) is 2.00.